The minimum absolute atomic E-state index is 0.180. The number of amides is 3. The number of aromatic nitrogens is 1. The van der Waals surface area contributed by atoms with E-state index in [1.165, 1.54) is 0 Å². The Morgan fingerprint density at radius 3 is 2.44 bits per heavy atom. The van der Waals surface area contributed by atoms with Crippen molar-refractivity contribution in [3.63, 3.8) is 0 Å². The Bertz CT molecular complexity index is 1340. The van der Waals surface area contributed by atoms with Crippen LogP contribution in [0.15, 0.2) is 48.5 Å². The third kappa shape index (κ3) is 3.34. The van der Waals surface area contributed by atoms with Crippen LogP contribution in [0, 0.1) is 20.8 Å². The Kier molecular flexibility index (Phi) is 4.97. The molecular formula is C26H25N3O5. The van der Waals surface area contributed by atoms with Gasteiger partial charge >= 0.3 is 6.03 Å². The summed E-state index contributed by atoms with van der Waals surface area (Å²) in [4.78, 5) is 40.2. The zero-order valence-electron chi connectivity index (χ0n) is 19.5. The van der Waals surface area contributed by atoms with Gasteiger partial charge in [0.1, 0.15) is 5.54 Å². The van der Waals surface area contributed by atoms with Crippen LogP contribution in [0.4, 0.5) is 4.79 Å². The van der Waals surface area contributed by atoms with E-state index in [0.717, 1.165) is 27.5 Å². The van der Waals surface area contributed by atoms with Crippen LogP contribution in [0.25, 0.3) is 5.69 Å². The van der Waals surface area contributed by atoms with Crippen LogP contribution in [0.2, 0.25) is 0 Å². The van der Waals surface area contributed by atoms with E-state index in [2.05, 4.69) is 5.32 Å². The number of urea groups is 1. The summed E-state index contributed by atoms with van der Waals surface area (Å²) in [5, 5.41) is 2.76. The Balaban J connectivity index is 1.41. The molecule has 0 bridgehead atoms. The van der Waals surface area contributed by atoms with Crippen molar-refractivity contribution in [2.75, 3.05) is 13.3 Å². The van der Waals surface area contributed by atoms with Crippen LogP contribution in [-0.4, -0.2) is 40.5 Å². The number of benzene rings is 2. The van der Waals surface area contributed by atoms with E-state index in [0.29, 0.717) is 22.6 Å². The molecule has 34 heavy (non-hydrogen) atoms. The Morgan fingerprint density at radius 1 is 1.00 bits per heavy atom. The number of fused-ring (bicyclic) bond motifs is 1. The van der Waals surface area contributed by atoms with Crippen molar-refractivity contribution in [3.05, 3.63) is 76.6 Å². The van der Waals surface area contributed by atoms with Gasteiger partial charge in [-0.15, -0.1) is 0 Å². The third-order valence-electron chi connectivity index (χ3n) is 6.55. The van der Waals surface area contributed by atoms with Crippen molar-refractivity contribution < 1.29 is 23.9 Å². The van der Waals surface area contributed by atoms with Gasteiger partial charge in [-0.1, -0.05) is 29.8 Å². The van der Waals surface area contributed by atoms with Crippen LogP contribution in [-0.2, 0) is 10.3 Å². The Hall–Kier alpha value is -4.07. The maximum Gasteiger partial charge on any atom is 0.325 e. The smallest absolute Gasteiger partial charge is 0.325 e. The number of aryl methyl sites for hydroxylation is 2. The molecule has 3 heterocycles. The third-order valence-corrected chi connectivity index (χ3v) is 6.55. The molecular weight excluding hydrogens is 434 g/mol. The molecule has 2 aromatic carbocycles. The van der Waals surface area contributed by atoms with Crippen molar-refractivity contribution in [2.24, 2.45) is 0 Å². The van der Waals surface area contributed by atoms with Gasteiger partial charge in [-0.3, -0.25) is 14.5 Å². The second-order valence-corrected chi connectivity index (χ2v) is 8.89. The molecule has 0 unspecified atom stereocenters. The normalized spacial score (nSPS) is 19.0. The van der Waals surface area contributed by atoms with Crippen LogP contribution < -0.4 is 14.8 Å². The first-order valence-corrected chi connectivity index (χ1v) is 11.0. The van der Waals surface area contributed by atoms with Gasteiger partial charge in [-0.25, -0.2) is 4.79 Å². The second kappa shape index (κ2) is 7.76. The molecule has 174 valence electrons. The lowest BCUT2D eigenvalue weighted by molar-refractivity contribution is -0.130. The van der Waals surface area contributed by atoms with Gasteiger partial charge in [-0.05, 0) is 51.5 Å². The summed E-state index contributed by atoms with van der Waals surface area (Å²) in [7, 11) is 0. The lowest BCUT2D eigenvalue weighted by Gasteiger charge is -2.22. The highest BCUT2D eigenvalue weighted by Gasteiger charge is 2.49. The number of hydrogen-bond donors (Lipinski definition) is 1. The van der Waals surface area contributed by atoms with E-state index in [-0.39, 0.29) is 19.1 Å². The molecule has 1 saturated heterocycles. The topological polar surface area (TPSA) is 89.9 Å². The quantitative estimate of drug-likeness (QED) is 0.463. The molecule has 0 aliphatic carbocycles. The summed E-state index contributed by atoms with van der Waals surface area (Å²) in [6.45, 7) is 7.20. The number of imide groups is 1. The maximum absolute atomic E-state index is 13.3. The van der Waals surface area contributed by atoms with Gasteiger partial charge in [0, 0.05) is 28.7 Å². The van der Waals surface area contributed by atoms with E-state index < -0.39 is 17.5 Å². The summed E-state index contributed by atoms with van der Waals surface area (Å²) in [6.07, 6.45) is 0. The maximum atomic E-state index is 13.3. The SMILES string of the molecule is Cc1ccc([C@]2(C)NC(=O)N(CC(=O)c3cc(C)n(-c4ccc5c(c4)OCO5)c3C)C2=O)cc1. The van der Waals surface area contributed by atoms with Crippen molar-refractivity contribution in [1.82, 2.24) is 14.8 Å². The fraction of sp³-hybridized carbons (Fsp3) is 0.269. The van der Waals surface area contributed by atoms with Gasteiger partial charge in [0.05, 0.1) is 6.54 Å². The fourth-order valence-corrected chi connectivity index (χ4v) is 4.62. The largest absolute Gasteiger partial charge is 0.454 e. The number of carbonyl (C=O) groups is 3. The average molecular weight is 460 g/mol. The minimum Gasteiger partial charge on any atom is -0.454 e. The standard InChI is InChI=1S/C26H25N3O5/c1-15-5-7-18(8-6-15)26(4)24(31)28(25(32)27-26)13-21(30)20-11-16(2)29(17(20)3)19-9-10-22-23(12-19)34-14-33-22/h5-12H,13-14H2,1-4H3,(H,27,32)/t26-/m0/s1. The van der Waals surface area contributed by atoms with Crippen LogP contribution >= 0.6 is 0 Å². The molecule has 1 atom stereocenters. The van der Waals surface area contributed by atoms with E-state index >= 15 is 0 Å². The first-order chi connectivity index (χ1) is 16.2. The number of nitrogens with one attached hydrogen (secondary N) is 1. The molecule has 0 radical (unpaired) electrons. The minimum atomic E-state index is -1.21. The van der Waals surface area contributed by atoms with E-state index in [1.54, 1.807) is 13.0 Å². The molecule has 0 saturated carbocycles. The number of ether oxygens (including phenoxy) is 2. The lowest BCUT2D eigenvalue weighted by Crippen LogP contribution is -2.41. The fourth-order valence-electron chi connectivity index (χ4n) is 4.62. The van der Waals surface area contributed by atoms with Gasteiger partial charge < -0.3 is 19.4 Å². The number of nitrogens with zero attached hydrogens (tertiary/aromatic N) is 2. The summed E-state index contributed by atoms with van der Waals surface area (Å²) in [5.41, 5.74) is 3.37. The highest BCUT2D eigenvalue weighted by Crippen LogP contribution is 2.35. The molecule has 5 rings (SSSR count). The second-order valence-electron chi connectivity index (χ2n) is 8.89. The van der Waals surface area contributed by atoms with Gasteiger partial charge in [0.25, 0.3) is 5.91 Å². The molecule has 1 N–H and O–H groups in total. The molecule has 8 nitrogen and oxygen atoms in total. The molecule has 1 aromatic heterocycles. The number of rotatable bonds is 5. The van der Waals surface area contributed by atoms with E-state index in [1.807, 2.05) is 67.8 Å². The number of carbonyl (C=O) groups excluding carboxylic acids is 3. The van der Waals surface area contributed by atoms with Crippen molar-refractivity contribution >= 4 is 17.7 Å². The number of ketones is 1. The molecule has 0 spiro atoms. The van der Waals surface area contributed by atoms with Crippen molar-refractivity contribution in [1.29, 1.82) is 0 Å². The summed E-state index contributed by atoms with van der Waals surface area (Å²) in [5.74, 6) is 0.571. The summed E-state index contributed by atoms with van der Waals surface area (Å²) < 4.78 is 12.8. The predicted molar refractivity (Wildman–Crippen MR) is 124 cm³/mol. The highest BCUT2D eigenvalue weighted by molar-refractivity contribution is 6.11. The van der Waals surface area contributed by atoms with Crippen LogP contribution in [0.5, 0.6) is 11.5 Å². The molecule has 3 aromatic rings. The van der Waals surface area contributed by atoms with Gasteiger partial charge in [0.15, 0.2) is 17.3 Å². The van der Waals surface area contributed by atoms with Gasteiger partial charge in [0.2, 0.25) is 6.79 Å². The molecule has 1 fully saturated rings. The zero-order chi connectivity index (χ0) is 24.2. The highest BCUT2D eigenvalue weighted by atomic mass is 16.7. The van der Waals surface area contributed by atoms with Crippen LogP contribution in [0.1, 0.15) is 39.8 Å². The van der Waals surface area contributed by atoms with Crippen molar-refractivity contribution in [3.8, 4) is 17.2 Å². The molecule has 3 amide bonds. The number of hydrogen-bond acceptors (Lipinski definition) is 5. The molecule has 2 aliphatic rings. The molecule has 8 heteroatoms. The Morgan fingerprint density at radius 2 is 1.71 bits per heavy atom. The van der Waals surface area contributed by atoms with E-state index in [9.17, 15) is 14.4 Å². The predicted octanol–water partition coefficient (Wildman–Crippen LogP) is 3.78. The molecule has 2 aliphatic heterocycles. The van der Waals surface area contributed by atoms with Crippen LogP contribution in [0.3, 0.4) is 0 Å². The first kappa shape index (κ1) is 21.8. The van der Waals surface area contributed by atoms with Crippen molar-refractivity contribution in [2.45, 2.75) is 33.2 Å². The Labute approximate surface area is 197 Å². The summed E-state index contributed by atoms with van der Waals surface area (Å²) in [6, 6.07) is 14.2. The van der Waals surface area contributed by atoms with Gasteiger partial charge in [-0.2, -0.15) is 0 Å². The average Bonchev–Trinajstić information content (AvgIpc) is 3.45. The van der Waals surface area contributed by atoms with E-state index in [4.69, 9.17) is 9.47 Å². The monoisotopic (exact) mass is 459 g/mol. The summed E-state index contributed by atoms with van der Waals surface area (Å²) >= 11 is 0. The first-order valence-electron chi connectivity index (χ1n) is 11.0. The zero-order valence-corrected chi connectivity index (χ0v) is 19.5. The number of Topliss-reactive ketones (excluding diaryl/α,β-unsaturated/α-hetero) is 1. The lowest BCUT2D eigenvalue weighted by atomic mass is 9.91.